The van der Waals surface area contributed by atoms with Gasteiger partial charge < -0.3 is 76.9 Å². The predicted octanol–water partition coefficient (Wildman–Crippen LogP) is 6.81. The summed E-state index contributed by atoms with van der Waals surface area (Å²) in [5, 5.41) is 39.2. The van der Waals surface area contributed by atoms with Gasteiger partial charge in [0, 0.05) is 11.5 Å². The number of ether oxygens (including phenoxy) is 13. The monoisotopic (exact) mass is 1300 g/mol. The molecule has 3 aliphatic heterocycles. The first-order valence-corrected chi connectivity index (χ1v) is 29.9. The second kappa shape index (κ2) is 33.1. The van der Waals surface area contributed by atoms with Crippen LogP contribution in [0.3, 0.4) is 0 Å². The maximum Gasteiger partial charge on any atom is 0.338 e. The number of carbonyl (C=O) groups excluding carboxylic acids is 7. The fourth-order valence-corrected chi connectivity index (χ4v) is 10.4. The van der Waals surface area contributed by atoms with Crippen molar-refractivity contribution in [1.29, 1.82) is 0 Å². The summed E-state index contributed by atoms with van der Waals surface area (Å²) in [5.41, 5.74) is 9.07. The highest BCUT2D eigenvalue weighted by atomic mass is 16.8. The molecule has 3 fully saturated rings. The van der Waals surface area contributed by atoms with Gasteiger partial charge in [-0.05, 0) is 90.5 Å². The number of carbonyl (C=O) groups is 7. The van der Waals surface area contributed by atoms with E-state index in [9.17, 15) is 48.9 Å². The predicted molar refractivity (Wildman–Crippen MR) is 326 cm³/mol. The number of hydrogen-bond donors (Lipinski definition) is 3. The smallest absolute Gasteiger partial charge is 0.338 e. The minimum atomic E-state index is -2.08. The average molecular weight is 1300 g/mol. The molecule has 7 aromatic rings. The quantitative estimate of drug-likeness (QED) is 0.0132. The molecule has 15 atom stereocenters. The van der Waals surface area contributed by atoms with Gasteiger partial charge in [0.1, 0.15) is 30.5 Å². The highest BCUT2D eigenvalue weighted by Gasteiger charge is 2.57. The Labute approximate surface area is 542 Å². The Morgan fingerprint density at radius 3 is 0.968 bits per heavy atom. The molecule has 492 valence electrons. The van der Waals surface area contributed by atoms with Gasteiger partial charge >= 0.3 is 41.8 Å². The van der Waals surface area contributed by atoms with Crippen LogP contribution < -0.4 is 0 Å². The molecule has 0 aliphatic carbocycles. The third kappa shape index (κ3) is 17.3. The minimum absolute atomic E-state index is 0.00747. The van der Waals surface area contributed by atoms with E-state index in [0.717, 1.165) is 0 Å². The second-order valence-corrected chi connectivity index (χ2v) is 21.4. The van der Waals surface area contributed by atoms with Crippen molar-refractivity contribution < 1.29 is 110 Å². The van der Waals surface area contributed by atoms with Crippen LogP contribution in [0.4, 0.5) is 0 Å². The molecule has 7 aromatic carbocycles. The number of esters is 7. The van der Waals surface area contributed by atoms with Crippen molar-refractivity contribution in [2.75, 3.05) is 33.0 Å². The van der Waals surface area contributed by atoms with E-state index < -0.39 is 154 Å². The average Bonchev–Trinajstić information content (AvgIpc) is 0.800. The van der Waals surface area contributed by atoms with Crippen LogP contribution in [0.5, 0.6) is 0 Å². The molecule has 0 unspecified atom stereocenters. The molecular formula is C69H63N3O23. The van der Waals surface area contributed by atoms with Crippen LogP contribution >= 0.6 is 0 Å². The lowest BCUT2D eigenvalue weighted by atomic mass is 9.96. The summed E-state index contributed by atoms with van der Waals surface area (Å²) in [6.07, 6.45) is -27.9. The Hall–Kier alpha value is -10.2. The Bertz CT molecular complexity index is 3730. The Kier molecular flexibility index (Phi) is 23.5. The summed E-state index contributed by atoms with van der Waals surface area (Å²) >= 11 is 0. The van der Waals surface area contributed by atoms with E-state index in [0.29, 0.717) is 0 Å². The highest BCUT2D eigenvalue weighted by Crippen LogP contribution is 2.36. The number of aliphatic hydroxyl groups is 3. The molecule has 95 heavy (non-hydrogen) atoms. The van der Waals surface area contributed by atoms with Crippen molar-refractivity contribution in [2.24, 2.45) is 5.11 Å². The zero-order chi connectivity index (χ0) is 66.6. The highest BCUT2D eigenvalue weighted by molar-refractivity contribution is 5.93. The van der Waals surface area contributed by atoms with E-state index in [1.807, 2.05) is 0 Å². The normalized spacial score (nSPS) is 25.4. The van der Waals surface area contributed by atoms with Gasteiger partial charge in [0.05, 0.1) is 65.4 Å². The van der Waals surface area contributed by atoms with Crippen molar-refractivity contribution in [3.63, 3.8) is 0 Å². The maximum atomic E-state index is 14.3. The molecule has 3 aliphatic rings. The molecule has 26 heteroatoms. The van der Waals surface area contributed by atoms with Crippen molar-refractivity contribution >= 4 is 41.8 Å². The molecule has 0 spiro atoms. The lowest BCUT2D eigenvalue weighted by molar-refractivity contribution is -0.340. The topological polar surface area (TPSA) is 349 Å². The fourth-order valence-electron chi connectivity index (χ4n) is 10.4. The molecule has 10 rings (SSSR count). The van der Waals surface area contributed by atoms with E-state index >= 15 is 0 Å². The number of azide groups is 1. The lowest BCUT2D eigenvalue weighted by Crippen LogP contribution is -2.65. The van der Waals surface area contributed by atoms with E-state index in [-0.39, 0.29) is 52.1 Å². The van der Waals surface area contributed by atoms with Crippen molar-refractivity contribution in [3.05, 3.63) is 262 Å². The molecule has 0 bridgehead atoms. The third-order valence-electron chi connectivity index (χ3n) is 15.2. The first-order chi connectivity index (χ1) is 46.3. The van der Waals surface area contributed by atoms with Crippen molar-refractivity contribution in [1.82, 2.24) is 0 Å². The second-order valence-electron chi connectivity index (χ2n) is 21.4. The van der Waals surface area contributed by atoms with Gasteiger partial charge in [-0.3, -0.25) is 0 Å². The van der Waals surface area contributed by atoms with Gasteiger partial charge in [0.15, 0.2) is 61.6 Å². The standard InChI is InChI=1S/C69H63N3O23/c70-72-71-36-37-83-67-52(75)56(92-63(79)44-28-14-4-15-29-44)54(90-61(77)42-24-10-2-11-25-42)50(88-67)40-85-68-58(94-65(81)46-32-18-6-19-33-46)55(91-62(78)43-26-12-3-13-27-43)51(74)49(87-68)39-84-69-59(95-66(82)47-34-20-7-21-35-47)57(93-64(80)45-30-16-5-17-31-45)53(48(38-73)86-69)89-60(76)41-22-8-1-9-23-41/h1-35,48-59,67-69,73-75H,36-40H2/t48-,49-,50-,51-,52-,53-,54-,55+,56-,57+,58-,59-,67-,68-,69-/m1/s1. The number of nitrogens with zero attached hydrogens (tertiary/aromatic N) is 3. The molecule has 0 amide bonds. The van der Waals surface area contributed by atoms with Gasteiger partial charge in [-0.15, -0.1) is 0 Å². The van der Waals surface area contributed by atoms with E-state index in [2.05, 4.69) is 10.0 Å². The van der Waals surface area contributed by atoms with Crippen molar-refractivity contribution in [2.45, 2.75) is 92.1 Å². The van der Waals surface area contributed by atoms with Crippen LogP contribution in [0.15, 0.2) is 217 Å². The van der Waals surface area contributed by atoms with Gasteiger partial charge in [0.2, 0.25) is 0 Å². The molecular weight excluding hydrogens is 1240 g/mol. The molecule has 3 heterocycles. The van der Waals surface area contributed by atoms with Crippen LogP contribution in [0.2, 0.25) is 0 Å². The molecule has 26 nitrogen and oxygen atoms in total. The van der Waals surface area contributed by atoms with Gasteiger partial charge in [-0.2, -0.15) is 0 Å². The van der Waals surface area contributed by atoms with Crippen LogP contribution in [-0.4, -0.2) is 182 Å². The zero-order valence-electron chi connectivity index (χ0n) is 50.3. The summed E-state index contributed by atoms with van der Waals surface area (Å²) in [6.45, 7) is -3.31. The summed E-state index contributed by atoms with van der Waals surface area (Å²) in [4.78, 5) is 102. The van der Waals surface area contributed by atoms with Crippen molar-refractivity contribution in [3.8, 4) is 0 Å². The Balaban J connectivity index is 1.03. The lowest BCUT2D eigenvalue weighted by Gasteiger charge is -2.46. The van der Waals surface area contributed by atoms with Crippen LogP contribution in [0, 0.1) is 0 Å². The molecule has 3 saturated heterocycles. The third-order valence-corrected chi connectivity index (χ3v) is 15.2. The van der Waals surface area contributed by atoms with Gasteiger partial charge in [0.25, 0.3) is 0 Å². The largest absolute Gasteiger partial charge is 0.452 e. The summed E-state index contributed by atoms with van der Waals surface area (Å²) < 4.78 is 80.4. The number of hydrogen-bond acceptors (Lipinski definition) is 24. The fraction of sp³-hybridized carbons (Fsp3) is 0.290. The summed E-state index contributed by atoms with van der Waals surface area (Å²) in [5.74, 6) is -7.05. The summed E-state index contributed by atoms with van der Waals surface area (Å²) in [7, 11) is 0. The maximum absolute atomic E-state index is 14.3. The first-order valence-electron chi connectivity index (χ1n) is 29.9. The number of benzene rings is 7. The number of rotatable bonds is 25. The molecule has 3 N–H and O–H groups in total. The number of aliphatic hydroxyl groups excluding tert-OH is 3. The van der Waals surface area contributed by atoms with Crippen LogP contribution in [0.1, 0.15) is 72.5 Å². The molecule has 0 saturated carbocycles. The van der Waals surface area contributed by atoms with Gasteiger partial charge in [-0.1, -0.05) is 133 Å². The van der Waals surface area contributed by atoms with Crippen LogP contribution in [-0.2, 0) is 61.6 Å². The van der Waals surface area contributed by atoms with E-state index in [4.69, 9.17) is 67.1 Å². The Morgan fingerprint density at radius 2 is 0.621 bits per heavy atom. The van der Waals surface area contributed by atoms with Gasteiger partial charge in [-0.25, -0.2) is 33.6 Å². The SMILES string of the molecule is [N-]=[N+]=NCCO[C@@H]1O[C@H](CO[C@@H]2O[C@H](CO[C@@H]3O[C@H](CO)[C@@H](OC(=O)c4ccccc4)[C@H](OC(=O)c4ccccc4)[C@H]3OC(=O)c3ccccc3)[C@@H](O)[C@H](OC(=O)c3ccccc3)[C@H]2OC(=O)c2ccccc2)[C@@H](OC(=O)c2ccccc2)[C@H](OC(=O)c2ccccc2)[C@H]1O. The van der Waals surface area contributed by atoms with E-state index in [1.54, 1.807) is 103 Å². The molecule has 0 aromatic heterocycles. The van der Waals surface area contributed by atoms with E-state index in [1.165, 1.54) is 109 Å². The zero-order valence-corrected chi connectivity index (χ0v) is 50.3. The summed E-state index contributed by atoms with van der Waals surface area (Å²) in [6, 6.07) is 53.2. The minimum Gasteiger partial charge on any atom is -0.452 e. The van der Waals surface area contributed by atoms with Crippen LogP contribution in [0.25, 0.3) is 10.4 Å². The first kappa shape index (κ1) is 67.7. The molecule has 0 radical (unpaired) electrons. The Morgan fingerprint density at radius 1 is 0.347 bits per heavy atom.